The van der Waals surface area contributed by atoms with Gasteiger partial charge in [0.1, 0.15) is 0 Å². The number of fused-ring (bicyclic) bond motifs is 2. The fourth-order valence-corrected chi connectivity index (χ4v) is 4.76. The zero-order valence-electron chi connectivity index (χ0n) is 16.8. The maximum absolute atomic E-state index is 13.1. The molecule has 6 heteroatoms. The quantitative estimate of drug-likeness (QED) is 0.683. The van der Waals surface area contributed by atoms with E-state index in [0.29, 0.717) is 37.1 Å². The summed E-state index contributed by atoms with van der Waals surface area (Å²) in [7, 11) is 0. The number of carbonyl (C=O) groups excluding carboxylic acids is 1. The van der Waals surface area contributed by atoms with E-state index in [2.05, 4.69) is 39.4 Å². The number of aromatic nitrogens is 3. The van der Waals surface area contributed by atoms with Gasteiger partial charge in [-0.05, 0) is 54.4 Å². The summed E-state index contributed by atoms with van der Waals surface area (Å²) in [5, 5.41) is 4.09. The summed E-state index contributed by atoms with van der Waals surface area (Å²) < 4.78 is 5.17. The minimum absolute atomic E-state index is 0.231. The smallest absolute Gasteiger partial charge is 0.223 e. The van der Waals surface area contributed by atoms with Crippen LogP contribution in [0.4, 0.5) is 0 Å². The lowest BCUT2D eigenvalue weighted by atomic mass is 9.93. The SMILES string of the molecule is Cc1nc(-c2c(C)ncc3c2CCN(C(=O)C[C@H]2CCc4ccccc42)C3)no1. The molecule has 1 aliphatic carbocycles. The first kappa shape index (κ1) is 18.0. The minimum Gasteiger partial charge on any atom is -0.339 e. The molecule has 1 amide bonds. The maximum atomic E-state index is 13.1. The standard InChI is InChI=1S/C23H24N4O2/c1-14-22(23-25-15(2)29-26-23)20-9-10-27(13-18(20)12-24-14)21(28)11-17-8-7-16-5-3-4-6-19(16)17/h3-6,12,17H,7-11,13H2,1-2H3/t17-/m1/s1. The van der Waals surface area contributed by atoms with Crippen molar-refractivity contribution in [1.82, 2.24) is 20.0 Å². The third-order valence-electron chi connectivity index (χ3n) is 6.24. The zero-order valence-corrected chi connectivity index (χ0v) is 16.8. The second-order valence-electron chi connectivity index (χ2n) is 8.06. The molecule has 1 atom stereocenters. The molecule has 0 saturated heterocycles. The van der Waals surface area contributed by atoms with Crippen LogP contribution in [0.5, 0.6) is 0 Å². The van der Waals surface area contributed by atoms with E-state index in [1.807, 2.05) is 18.0 Å². The Balaban J connectivity index is 1.36. The third kappa shape index (κ3) is 3.22. The van der Waals surface area contributed by atoms with Crippen molar-refractivity contribution in [1.29, 1.82) is 0 Å². The zero-order chi connectivity index (χ0) is 20.0. The van der Waals surface area contributed by atoms with Gasteiger partial charge in [-0.25, -0.2) is 0 Å². The molecule has 0 spiro atoms. The molecule has 0 fully saturated rings. The fraction of sp³-hybridized carbons (Fsp3) is 0.391. The van der Waals surface area contributed by atoms with E-state index in [0.717, 1.165) is 36.1 Å². The number of carbonyl (C=O) groups is 1. The molecule has 0 radical (unpaired) electrons. The number of pyridine rings is 1. The molecule has 0 unspecified atom stereocenters. The Hall–Kier alpha value is -3.02. The number of nitrogens with zero attached hydrogens (tertiary/aromatic N) is 4. The highest BCUT2D eigenvalue weighted by atomic mass is 16.5. The first-order valence-electron chi connectivity index (χ1n) is 10.2. The summed E-state index contributed by atoms with van der Waals surface area (Å²) in [4.78, 5) is 24.0. The lowest BCUT2D eigenvalue weighted by molar-refractivity contribution is -0.132. The van der Waals surface area contributed by atoms with E-state index in [9.17, 15) is 4.79 Å². The van der Waals surface area contributed by atoms with Crippen LogP contribution in [0.1, 0.15) is 52.6 Å². The van der Waals surface area contributed by atoms with Gasteiger partial charge in [-0.15, -0.1) is 0 Å². The summed E-state index contributed by atoms with van der Waals surface area (Å²) in [6.07, 6.45) is 5.41. The fourth-order valence-electron chi connectivity index (χ4n) is 4.76. The number of benzene rings is 1. The van der Waals surface area contributed by atoms with Crippen molar-refractivity contribution < 1.29 is 9.32 Å². The molecule has 5 rings (SSSR count). The molecule has 148 valence electrons. The topological polar surface area (TPSA) is 72.1 Å². The van der Waals surface area contributed by atoms with Gasteiger partial charge < -0.3 is 9.42 Å². The van der Waals surface area contributed by atoms with Crippen molar-refractivity contribution in [3.8, 4) is 11.4 Å². The molecular formula is C23H24N4O2. The number of aryl methyl sites for hydroxylation is 3. The lowest BCUT2D eigenvalue weighted by Gasteiger charge is -2.31. The van der Waals surface area contributed by atoms with Crippen LogP contribution in [0.15, 0.2) is 35.0 Å². The maximum Gasteiger partial charge on any atom is 0.223 e. The first-order chi connectivity index (χ1) is 14.1. The van der Waals surface area contributed by atoms with Crippen molar-refractivity contribution in [2.24, 2.45) is 0 Å². The molecule has 29 heavy (non-hydrogen) atoms. The predicted molar refractivity (Wildman–Crippen MR) is 108 cm³/mol. The summed E-state index contributed by atoms with van der Waals surface area (Å²) in [5.74, 6) is 1.71. The van der Waals surface area contributed by atoms with Gasteiger partial charge in [0.05, 0.1) is 0 Å². The predicted octanol–water partition coefficient (Wildman–Crippen LogP) is 3.75. The van der Waals surface area contributed by atoms with Gasteiger partial charge in [0.25, 0.3) is 0 Å². The second kappa shape index (κ2) is 7.10. The van der Waals surface area contributed by atoms with Gasteiger partial charge in [-0.3, -0.25) is 9.78 Å². The molecule has 2 aromatic heterocycles. The van der Waals surface area contributed by atoms with Crippen molar-refractivity contribution in [3.63, 3.8) is 0 Å². The largest absolute Gasteiger partial charge is 0.339 e. The Kier molecular flexibility index (Phi) is 4.42. The van der Waals surface area contributed by atoms with Crippen molar-refractivity contribution in [2.75, 3.05) is 6.54 Å². The molecule has 1 aliphatic heterocycles. The highest BCUT2D eigenvalue weighted by Gasteiger charge is 2.29. The lowest BCUT2D eigenvalue weighted by Crippen LogP contribution is -2.37. The van der Waals surface area contributed by atoms with Gasteiger partial charge >= 0.3 is 0 Å². The Labute approximate surface area is 170 Å². The summed E-state index contributed by atoms with van der Waals surface area (Å²) >= 11 is 0. The van der Waals surface area contributed by atoms with Gasteiger partial charge in [0, 0.05) is 43.9 Å². The molecule has 0 bridgehead atoms. The van der Waals surface area contributed by atoms with Gasteiger partial charge in [-0.1, -0.05) is 29.4 Å². The van der Waals surface area contributed by atoms with Crippen molar-refractivity contribution >= 4 is 5.91 Å². The Morgan fingerprint density at radius 3 is 2.90 bits per heavy atom. The highest BCUT2D eigenvalue weighted by Crippen LogP contribution is 2.36. The van der Waals surface area contributed by atoms with E-state index < -0.39 is 0 Å². The van der Waals surface area contributed by atoms with E-state index in [1.54, 1.807) is 6.92 Å². The molecular weight excluding hydrogens is 364 g/mol. The van der Waals surface area contributed by atoms with Gasteiger partial charge in [0.2, 0.25) is 17.6 Å². The number of hydrogen-bond donors (Lipinski definition) is 0. The van der Waals surface area contributed by atoms with Crippen LogP contribution in [-0.2, 0) is 24.2 Å². The van der Waals surface area contributed by atoms with Crippen molar-refractivity contribution in [2.45, 2.75) is 52.0 Å². The highest BCUT2D eigenvalue weighted by molar-refractivity contribution is 5.78. The Morgan fingerprint density at radius 2 is 2.07 bits per heavy atom. The number of rotatable bonds is 3. The number of amides is 1. The van der Waals surface area contributed by atoms with Crippen LogP contribution < -0.4 is 0 Å². The minimum atomic E-state index is 0.231. The molecule has 2 aliphatic rings. The molecule has 0 N–H and O–H groups in total. The van der Waals surface area contributed by atoms with Crippen LogP contribution >= 0.6 is 0 Å². The van der Waals surface area contributed by atoms with E-state index in [1.165, 1.54) is 16.7 Å². The average molecular weight is 388 g/mol. The molecule has 3 aromatic rings. The summed E-state index contributed by atoms with van der Waals surface area (Å²) in [6, 6.07) is 8.53. The third-order valence-corrected chi connectivity index (χ3v) is 6.24. The van der Waals surface area contributed by atoms with Crippen LogP contribution in [0, 0.1) is 13.8 Å². The first-order valence-corrected chi connectivity index (χ1v) is 10.2. The monoisotopic (exact) mass is 388 g/mol. The van der Waals surface area contributed by atoms with Crippen LogP contribution in [0.25, 0.3) is 11.4 Å². The number of hydrogen-bond acceptors (Lipinski definition) is 5. The van der Waals surface area contributed by atoms with Crippen molar-refractivity contribution in [3.05, 3.63) is 64.3 Å². The van der Waals surface area contributed by atoms with Crippen LogP contribution in [-0.4, -0.2) is 32.5 Å². The normalized spacial score (nSPS) is 17.9. The Bertz CT molecular complexity index is 1090. The van der Waals surface area contributed by atoms with Gasteiger partial charge in [0.15, 0.2) is 0 Å². The molecule has 6 nitrogen and oxygen atoms in total. The summed E-state index contributed by atoms with van der Waals surface area (Å²) in [6.45, 7) is 5.07. The van der Waals surface area contributed by atoms with Crippen LogP contribution in [0.3, 0.4) is 0 Å². The van der Waals surface area contributed by atoms with E-state index >= 15 is 0 Å². The average Bonchev–Trinajstić information content (AvgIpc) is 3.34. The molecule has 0 saturated carbocycles. The summed E-state index contributed by atoms with van der Waals surface area (Å²) in [5.41, 5.74) is 6.87. The second-order valence-corrected chi connectivity index (χ2v) is 8.06. The Morgan fingerprint density at radius 1 is 1.21 bits per heavy atom. The van der Waals surface area contributed by atoms with Gasteiger partial charge in [-0.2, -0.15) is 4.98 Å². The molecule has 1 aromatic carbocycles. The van der Waals surface area contributed by atoms with E-state index in [-0.39, 0.29) is 5.91 Å². The van der Waals surface area contributed by atoms with Crippen LogP contribution in [0.2, 0.25) is 0 Å². The van der Waals surface area contributed by atoms with E-state index in [4.69, 9.17) is 4.52 Å². The molecule has 3 heterocycles.